The SMILES string of the molecule is Cc1sc2nc(CN3CCN(C(=O)C(C)(C)C)CC3(C)C)nc(N)c2c1C. The Bertz CT molecular complexity index is 881. The van der Waals surface area contributed by atoms with Gasteiger partial charge < -0.3 is 10.6 Å². The molecule has 0 bridgehead atoms. The van der Waals surface area contributed by atoms with Gasteiger partial charge in [0.05, 0.1) is 11.9 Å². The van der Waals surface area contributed by atoms with E-state index in [-0.39, 0.29) is 16.9 Å². The van der Waals surface area contributed by atoms with E-state index in [1.807, 2.05) is 25.7 Å². The molecule has 27 heavy (non-hydrogen) atoms. The fraction of sp³-hybridized carbons (Fsp3) is 0.650. The Morgan fingerprint density at radius 1 is 1.22 bits per heavy atom. The molecule has 2 aromatic heterocycles. The molecule has 0 radical (unpaired) electrons. The van der Waals surface area contributed by atoms with Gasteiger partial charge in [-0.2, -0.15) is 0 Å². The number of fused-ring (bicyclic) bond motifs is 1. The highest BCUT2D eigenvalue weighted by atomic mass is 32.1. The van der Waals surface area contributed by atoms with Crippen LogP contribution < -0.4 is 5.73 Å². The number of anilines is 1. The Morgan fingerprint density at radius 3 is 2.48 bits per heavy atom. The lowest BCUT2D eigenvalue weighted by molar-refractivity contribution is -0.144. The minimum Gasteiger partial charge on any atom is -0.383 e. The lowest BCUT2D eigenvalue weighted by Gasteiger charge is -2.48. The monoisotopic (exact) mass is 389 g/mol. The number of nitrogens with two attached hydrogens (primary N) is 1. The summed E-state index contributed by atoms with van der Waals surface area (Å²) in [6.45, 7) is 17.3. The van der Waals surface area contributed by atoms with Crippen LogP contribution in [0.4, 0.5) is 5.82 Å². The Kier molecular flexibility index (Phi) is 4.97. The average molecular weight is 390 g/mol. The van der Waals surface area contributed by atoms with Crippen molar-refractivity contribution in [1.29, 1.82) is 0 Å². The van der Waals surface area contributed by atoms with E-state index in [4.69, 9.17) is 10.7 Å². The summed E-state index contributed by atoms with van der Waals surface area (Å²) in [5.41, 5.74) is 6.92. The maximum atomic E-state index is 12.7. The van der Waals surface area contributed by atoms with Crippen LogP contribution in [-0.2, 0) is 11.3 Å². The Balaban J connectivity index is 1.80. The van der Waals surface area contributed by atoms with Crippen LogP contribution in [0, 0.1) is 19.3 Å². The van der Waals surface area contributed by atoms with E-state index in [1.54, 1.807) is 11.3 Å². The molecule has 3 rings (SSSR count). The number of amides is 1. The second kappa shape index (κ2) is 6.71. The zero-order valence-corrected chi connectivity index (χ0v) is 18.3. The van der Waals surface area contributed by atoms with Gasteiger partial charge in [0.15, 0.2) is 0 Å². The normalized spacial score (nSPS) is 18.3. The standard InChI is InChI=1S/C20H31N5OS/c1-12-13(2)27-17-15(12)16(21)22-14(23-17)10-25-9-8-24(11-20(25,6)7)18(26)19(3,4)5/h8-11H2,1-7H3,(H2,21,22,23). The summed E-state index contributed by atoms with van der Waals surface area (Å²) in [6.07, 6.45) is 0. The number of nitrogen functional groups attached to an aromatic ring is 1. The van der Waals surface area contributed by atoms with Crippen molar-refractivity contribution < 1.29 is 4.79 Å². The number of hydrogen-bond donors (Lipinski definition) is 1. The number of aryl methyl sites for hydroxylation is 2. The topological polar surface area (TPSA) is 75.4 Å². The highest BCUT2D eigenvalue weighted by Crippen LogP contribution is 2.33. The molecular weight excluding hydrogens is 358 g/mol. The van der Waals surface area contributed by atoms with Crippen molar-refractivity contribution in [2.45, 2.75) is 60.5 Å². The van der Waals surface area contributed by atoms with Crippen LogP contribution in [0.15, 0.2) is 0 Å². The first-order valence-corrected chi connectivity index (χ1v) is 10.3. The third-order valence-corrected chi connectivity index (χ3v) is 6.54. The minimum absolute atomic E-state index is 0.145. The molecule has 1 fully saturated rings. The van der Waals surface area contributed by atoms with Crippen molar-refractivity contribution in [2.24, 2.45) is 5.41 Å². The van der Waals surface area contributed by atoms with E-state index < -0.39 is 0 Å². The van der Waals surface area contributed by atoms with Crippen LogP contribution in [0.3, 0.4) is 0 Å². The summed E-state index contributed by atoms with van der Waals surface area (Å²) in [6, 6.07) is 0. The molecule has 1 aliphatic rings. The minimum atomic E-state index is -0.351. The van der Waals surface area contributed by atoms with Gasteiger partial charge in [0, 0.05) is 35.5 Å². The van der Waals surface area contributed by atoms with Gasteiger partial charge in [0.1, 0.15) is 16.5 Å². The van der Waals surface area contributed by atoms with E-state index in [0.29, 0.717) is 18.9 Å². The van der Waals surface area contributed by atoms with Crippen molar-refractivity contribution in [3.8, 4) is 0 Å². The van der Waals surface area contributed by atoms with Crippen molar-refractivity contribution in [3.63, 3.8) is 0 Å². The molecule has 2 N–H and O–H groups in total. The molecule has 7 heteroatoms. The summed E-state index contributed by atoms with van der Waals surface area (Å²) < 4.78 is 0. The molecule has 2 aromatic rings. The molecule has 6 nitrogen and oxygen atoms in total. The van der Waals surface area contributed by atoms with Gasteiger partial charge in [0.25, 0.3) is 0 Å². The molecule has 0 spiro atoms. The first-order valence-electron chi connectivity index (χ1n) is 9.46. The Hall–Kier alpha value is -1.73. The number of rotatable bonds is 2. The van der Waals surface area contributed by atoms with Crippen molar-refractivity contribution in [2.75, 3.05) is 25.4 Å². The van der Waals surface area contributed by atoms with Crippen molar-refractivity contribution >= 4 is 33.3 Å². The van der Waals surface area contributed by atoms with Crippen LogP contribution in [0.1, 0.15) is 50.9 Å². The number of aromatic nitrogens is 2. The fourth-order valence-electron chi connectivity index (χ4n) is 3.70. The Morgan fingerprint density at radius 2 is 1.89 bits per heavy atom. The number of piperazine rings is 1. The van der Waals surface area contributed by atoms with Crippen LogP contribution in [0.25, 0.3) is 10.2 Å². The van der Waals surface area contributed by atoms with Gasteiger partial charge in [-0.25, -0.2) is 9.97 Å². The van der Waals surface area contributed by atoms with Gasteiger partial charge in [-0.15, -0.1) is 11.3 Å². The second-order valence-corrected chi connectivity index (χ2v) is 10.4. The maximum Gasteiger partial charge on any atom is 0.228 e. The van der Waals surface area contributed by atoms with Crippen LogP contribution in [0.5, 0.6) is 0 Å². The van der Waals surface area contributed by atoms with Gasteiger partial charge in [-0.3, -0.25) is 9.69 Å². The number of nitrogens with zero attached hydrogens (tertiary/aromatic N) is 4. The first-order chi connectivity index (χ1) is 12.4. The molecule has 148 valence electrons. The molecule has 1 amide bonds. The van der Waals surface area contributed by atoms with Gasteiger partial charge in [-0.1, -0.05) is 20.8 Å². The molecule has 1 aliphatic heterocycles. The zero-order chi connectivity index (χ0) is 20.1. The smallest absolute Gasteiger partial charge is 0.228 e. The summed E-state index contributed by atoms with van der Waals surface area (Å²) >= 11 is 1.67. The summed E-state index contributed by atoms with van der Waals surface area (Å²) in [5, 5.41) is 0.987. The number of carbonyl (C=O) groups is 1. The third kappa shape index (κ3) is 3.80. The van der Waals surface area contributed by atoms with Crippen LogP contribution >= 0.6 is 11.3 Å². The predicted molar refractivity (Wildman–Crippen MR) is 112 cm³/mol. The lowest BCUT2D eigenvalue weighted by Crippen LogP contribution is -2.61. The molecule has 3 heterocycles. The third-order valence-electron chi connectivity index (χ3n) is 5.44. The van der Waals surface area contributed by atoms with E-state index in [9.17, 15) is 4.79 Å². The van der Waals surface area contributed by atoms with E-state index in [0.717, 1.165) is 29.1 Å². The average Bonchev–Trinajstić information content (AvgIpc) is 2.82. The van der Waals surface area contributed by atoms with Crippen LogP contribution in [-0.4, -0.2) is 50.8 Å². The number of hydrogen-bond acceptors (Lipinski definition) is 6. The highest BCUT2D eigenvalue weighted by Gasteiger charge is 2.38. The summed E-state index contributed by atoms with van der Waals surface area (Å²) in [4.78, 5) is 28.6. The number of thiophene rings is 1. The largest absolute Gasteiger partial charge is 0.383 e. The van der Waals surface area contributed by atoms with E-state index in [1.165, 1.54) is 10.4 Å². The molecule has 1 saturated heterocycles. The van der Waals surface area contributed by atoms with Crippen molar-refractivity contribution in [3.05, 3.63) is 16.3 Å². The Labute approximate surface area is 165 Å². The van der Waals surface area contributed by atoms with E-state index >= 15 is 0 Å². The molecule has 0 atom stereocenters. The number of carbonyl (C=O) groups excluding carboxylic acids is 1. The molecule has 0 aromatic carbocycles. The molecular formula is C20H31N5OS. The molecule has 0 saturated carbocycles. The lowest BCUT2D eigenvalue weighted by atomic mass is 9.91. The highest BCUT2D eigenvalue weighted by molar-refractivity contribution is 7.18. The molecule has 0 aliphatic carbocycles. The van der Waals surface area contributed by atoms with Crippen LogP contribution in [0.2, 0.25) is 0 Å². The predicted octanol–water partition coefficient (Wildman–Crippen LogP) is 3.36. The second-order valence-electron chi connectivity index (χ2n) is 9.20. The van der Waals surface area contributed by atoms with Gasteiger partial charge in [0.2, 0.25) is 5.91 Å². The zero-order valence-electron chi connectivity index (χ0n) is 17.5. The van der Waals surface area contributed by atoms with Gasteiger partial charge in [-0.05, 0) is 33.3 Å². The van der Waals surface area contributed by atoms with Crippen molar-refractivity contribution in [1.82, 2.24) is 19.8 Å². The fourth-order valence-corrected chi connectivity index (χ4v) is 4.75. The summed E-state index contributed by atoms with van der Waals surface area (Å²) in [7, 11) is 0. The molecule has 0 unspecified atom stereocenters. The van der Waals surface area contributed by atoms with E-state index in [2.05, 4.69) is 37.6 Å². The quantitative estimate of drug-likeness (QED) is 0.852. The maximum absolute atomic E-state index is 12.7. The van der Waals surface area contributed by atoms with Gasteiger partial charge >= 0.3 is 0 Å². The first kappa shape index (κ1) is 20.0. The summed E-state index contributed by atoms with van der Waals surface area (Å²) in [5.74, 6) is 1.53.